The molecule has 1 atom stereocenters. The number of benzene rings is 2. The molecular weight excluding hydrogens is 246 g/mol. The van der Waals surface area contributed by atoms with Crippen molar-refractivity contribution in [3.63, 3.8) is 0 Å². The third-order valence-corrected chi connectivity index (χ3v) is 3.64. The highest BCUT2D eigenvalue weighted by Gasteiger charge is 2.14. The van der Waals surface area contributed by atoms with Crippen LogP contribution < -0.4 is 5.32 Å². The molecule has 0 saturated heterocycles. The molecule has 20 heavy (non-hydrogen) atoms. The predicted octanol–water partition coefficient (Wildman–Crippen LogP) is 4.10. The van der Waals surface area contributed by atoms with Gasteiger partial charge in [-0.05, 0) is 50.5 Å². The number of nitrogens with one attached hydrogen (secondary N) is 1. The summed E-state index contributed by atoms with van der Waals surface area (Å²) in [4.78, 5) is 12.4. The monoisotopic (exact) mass is 267 g/mol. The average molecular weight is 267 g/mol. The second kappa shape index (κ2) is 5.91. The van der Waals surface area contributed by atoms with E-state index in [-0.39, 0.29) is 11.9 Å². The van der Waals surface area contributed by atoms with Gasteiger partial charge in [-0.3, -0.25) is 4.79 Å². The summed E-state index contributed by atoms with van der Waals surface area (Å²) in [6.07, 6.45) is 0. The van der Waals surface area contributed by atoms with E-state index >= 15 is 0 Å². The summed E-state index contributed by atoms with van der Waals surface area (Å²) in [6.45, 7) is 8.05. The molecule has 0 aliphatic carbocycles. The first-order chi connectivity index (χ1) is 9.49. The van der Waals surface area contributed by atoms with Crippen LogP contribution in [-0.4, -0.2) is 5.91 Å². The van der Waals surface area contributed by atoms with Crippen molar-refractivity contribution in [1.29, 1.82) is 0 Å². The van der Waals surface area contributed by atoms with Crippen LogP contribution in [0.1, 0.15) is 45.6 Å². The van der Waals surface area contributed by atoms with Crippen LogP contribution in [0.3, 0.4) is 0 Å². The molecule has 2 nitrogen and oxygen atoms in total. The fourth-order valence-corrected chi connectivity index (χ4v) is 2.41. The van der Waals surface area contributed by atoms with Crippen molar-refractivity contribution in [2.45, 2.75) is 33.7 Å². The molecule has 0 heterocycles. The van der Waals surface area contributed by atoms with Gasteiger partial charge in [0.1, 0.15) is 0 Å². The number of hydrogen-bond donors (Lipinski definition) is 1. The van der Waals surface area contributed by atoms with E-state index in [1.54, 1.807) is 0 Å². The third kappa shape index (κ3) is 3.08. The van der Waals surface area contributed by atoms with Crippen LogP contribution in [0.5, 0.6) is 0 Å². The van der Waals surface area contributed by atoms with Crippen LogP contribution in [0.25, 0.3) is 0 Å². The summed E-state index contributed by atoms with van der Waals surface area (Å²) in [5.41, 5.74) is 5.22. The Labute approximate surface area is 120 Å². The third-order valence-electron chi connectivity index (χ3n) is 3.64. The molecule has 0 saturated carbocycles. The van der Waals surface area contributed by atoms with Gasteiger partial charge in [0.2, 0.25) is 0 Å². The number of hydrogen-bond acceptors (Lipinski definition) is 1. The Hall–Kier alpha value is -2.09. The fraction of sp³-hybridized carbons (Fsp3) is 0.278. The first kappa shape index (κ1) is 14.3. The van der Waals surface area contributed by atoms with Crippen molar-refractivity contribution in [2.75, 3.05) is 0 Å². The van der Waals surface area contributed by atoms with Gasteiger partial charge in [0, 0.05) is 5.56 Å². The molecule has 0 aliphatic rings. The lowest BCUT2D eigenvalue weighted by Gasteiger charge is -2.17. The second-order valence-electron chi connectivity index (χ2n) is 5.37. The Morgan fingerprint density at radius 3 is 2.40 bits per heavy atom. The largest absolute Gasteiger partial charge is 0.345 e. The smallest absolute Gasteiger partial charge is 0.252 e. The van der Waals surface area contributed by atoms with Gasteiger partial charge in [0.25, 0.3) is 5.91 Å². The van der Waals surface area contributed by atoms with Gasteiger partial charge in [0.15, 0.2) is 0 Å². The molecule has 2 rings (SSSR count). The lowest BCUT2D eigenvalue weighted by molar-refractivity contribution is 0.0939. The molecular formula is C18H21NO. The maximum atomic E-state index is 12.4. The molecule has 1 N–H and O–H groups in total. The van der Waals surface area contributed by atoms with Crippen molar-refractivity contribution in [3.8, 4) is 0 Å². The molecule has 1 amide bonds. The average Bonchev–Trinajstić information content (AvgIpc) is 2.41. The van der Waals surface area contributed by atoms with E-state index in [4.69, 9.17) is 0 Å². The normalized spacial score (nSPS) is 12.0. The second-order valence-corrected chi connectivity index (χ2v) is 5.37. The van der Waals surface area contributed by atoms with Crippen LogP contribution in [0.4, 0.5) is 0 Å². The molecule has 0 fully saturated rings. The number of carbonyl (C=O) groups is 1. The van der Waals surface area contributed by atoms with E-state index in [0.717, 1.165) is 22.3 Å². The number of rotatable bonds is 3. The van der Waals surface area contributed by atoms with Gasteiger partial charge in [-0.1, -0.05) is 42.0 Å². The van der Waals surface area contributed by atoms with Crippen LogP contribution in [0.15, 0.2) is 42.5 Å². The Bertz CT molecular complexity index is 631. The number of aryl methyl sites for hydroxylation is 3. The first-order valence-electron chi connectivity index (χ1n) is 6.92. The SMILES string of the molecule is Cc1ccc(C)c(C(=O)NC(C)c2ccccc2C)c1. The highest BCUT2D eigenvalue weighted by atomic mass is 16.1. The molecule has 0 aromatic heterocycles. The summed E-state index contributed by atoms with van der Waals surface area (Å²) >= 11 is 0. The molecule has 0 aliphatic heterocycles. The molecule has 1 unspecified atom stereocenters. The number of amides is 1. The van der Waals surface area contributed by atoms with Crippen molar-refractivity contribution in [3.05, 3.63) is 70.3 Å². The van der Waals surface area contributed by atoms with E-state index in [0.29, 0.717) is 0 Å². The van der Waals surface area contributed by atoms with Gasteiger partial charge >= 0.3 is 0 Å². The minimum absolute atomic E-state index is 0.00334. The van der Waals surface area contributed by atoms with E-state index in [1.807, 2.05) is 51.1 Å². The Balaban J connectivity index is 2.20. The first-order valence-corrected chi connectivity index (χ1v) is 6.92. The zero-order valence-corrected chi connectivity index (χ0v) is 12.5. The van der Waals surface area contributed by atoms with Crippen molar-refractivity contribution < 1.29 is 4.79 Å². The standard InChI is InChI=1S/C18H21NO/c1-12-9-10-14(3)17(11-12)18(20)19-15(4)16-8-6-5-7-13(16)2/h5-11,15H,1-4H3,(H,19,20). The molecule has 2 aromatic carbocycles. The minimum atomic E-state index is -0.0121. The summed E-state index contributed by atoms with van der Waals surface area (Å²) in [5.74, 6) is -0.0121. The molecule has 2 aromatic rings. The van der Waals surface area contributed by atoms with E-state index in [2.05, 4.69) is 24.4 Å². The van der Waals surface area contributed by atoms with Gasteiger partial charge in [-0.25, -0.2) is 0 Å². The zero-order valence-electron chi connectivity index (χ0n) is 12.5. The van der Waals surface area contributed by atoms with E-state index in [9.17, 15) is 4.79 Å². The molecule has 104 valence electrons. The Morgan fingerprint density at radius 2 is 1.70 bits per heavy atom. The summed E-state index contributed by atoms with van der Waals surface area (Å²) in [7, 11) is 0. The van der Waals surface area contributed by atoms with E-state index in [1.165, 1.54) is 5.56 Å². The van der Waals surface area contributed by atoms with E-state index < -0.39 is 0 Å². The van der Waals surface area contributed by atoms with Crippen molar-refractivity contribution >= 4 is 5.91 Å². The summed E-state index contributed by atoms with van der Waals surface area (Å²) in [6, 6.07) is 14.1. The maximum Gasteiger partial charge on any atom is 0.252 e. The minimum Gasteiger partial charge on any atom is -0.345 e. The van der Waals surface area contributed by atoms with Crippen LogP contribution in [0.2, 0.25) is 0 Å². The van der Waals surface area contributed by atoms with Crippen LogP contribution in [-0.2, 0) is 0 Å². The lowest BCUT2D eigenvalue weighted by atomic mass is 10.0. The fourth-order valence-electron chi connectivity index (χ4n) is 2.41. The summed E-state index contributed by atoms with van der Waals surface area (Å²) in [5, 5.41) is 3.08. The van der Waals surface area contributed by atoms with Crippen molar-refractivity contribution in [1.82, 2.24) is 5.32 Å². The Morgan fingerprint density at radius 1 is 1.00 bits per heavy atom. The number of carbonyl (C=O) groups excluding carboxylic acids is 1. The zero-order chi connectivity index (χ0) is 14.7. The highest BCUT2D eigenvalue weighted by Crippen LogP contribution is 2.18. The van der Waals surface area contributed by atoms with Crippen LogP contribution in [0, 0.1) is 20.8 Å². The van der Waals surface area contributed by atoms with Gasteiger partial charge in [-0.15, -0.1) is 0 Å². The highest BCUT2D eigenvalue weighted by molar-refractivity contribution is 5.96. The molecule has 2 heteroatoms. The van der Waals surface area contributed by atoms with Gasteiger partial charge in [0.05, 0.1) is 6.04 Å². The van der Waals surface area contributed by atoms with Crippen molar-refractivity contribution in [2.24, 2.45) is 0 Å². The van der Waals surface area contributed by atoms with Gasteiger partial charge in [-0.2, -0.15) is 0 Å². The maximum absolute atomic E-state index is 12.4. The van der Waals surface area contributed by atoms with Gasteiger partial charge < -0.3 is 5.32 Å². The Kier molecular flexibility index (Phi) is 4.23. The molecule has 0 radical (unpaired) electrons. The van der Waals surface area contributed by atoms with Crippen LogP contribution >= 0.6 is 0 Å². The summed E-state index contributed by atoms with van der Waals surface area (Å²) < 4.78 is 0. The molecule has 0 bridgehead atoms. The predicted molar refractivity (Wildman–Crippen MR) is 83.0 cm³/mol. The molecule has 0 spiro atoms. The quantitative estimate of drug-likeness (QED) is 0.891. The lowest BCUT2D eigenvalue weighted by Crippen LogP contribution is -2.27. The topological polar surface area (TPSA) is 29.1 Å².